The minimum atomic E-state index is -0.926. The van der Waals surface area contributed by atoms with E-state index in [4.69, 9.17) is 21.4 Å². The molecule has 0 aliphatic heterocycles. The molecule has 0 atom stereocenters. The first-order valence-electron chi connectivity index (χ1n) is 5.19. The number of nitrogens with zero attached hydrogens (tertiary/aromatic N) is 1. The van der Waals surface area contributed by atoms with Crippen molar-refractivity contribution >= 4 is 17.6 Å². The van der Waals surface area contributed by atoms with Crippen LogP contribution in [0.5, 0.6) is 5.75 Å². The van der Waals surface area contributed by atoms with E-state index in [0.29, 0.717) is 27.7 Å². The maximum Gasteiger partial charge on any atom is 0.309 e. The number of hydrogen-bond donors (Lipinski definition) is 2. The first kappa shape index (κ1) is 12.4. The number of benzene rings is 1. The molecular weight excluding hydrogens is 256 g/mol. The van der Waals surface area contributed by atoms with E-state index >= 15 is 0 Å². The van der Waals surface area contributed by atoms with Gasteiger partial charge < -0.3 is 14.8 Å². The van der Waals surface area contributed by atoms with Gasteiger partial charge in [-0.15, -0.1) is 0 Å². The summed E-state index contributed by atoms with van der Waals surface area (Å²) in [6, 6.07) is 5.17. The number of H-pyrrole nitrogens is 1. The topological polar surface area (TPSA) is 75.2 Å². The third-order valence-electron chi connectivity index (χ3n) is 2.48. The van der Waals surface area contributed by atoms with Crippen molar-refractivity contribution in [2.45, 2.75) is 6.42 Å². The van der Waals surface area contributed by atoms with Crippen molar-refractivity contribution in [1.29, 1.82) is 0 Å². The molecule has 1 heterocycles. The van der Waals surface area contributed by atoms with Gasteiger partial charge in [0.1, 0.15) is 5.75 Å². The molecule has 0 saturated carbocycles. The van der Waals surface area contributed by atoms with E-state index in [1.807, 2.05) is 0 Å². The lowest BCUT2D eigenvalue weighted by atomic mass is 10.1. The molecule has 0 bridgehead atoms. The largest absolute Gasteiger partial charge is 0.497 e. The molecule has 0 aliphatic rings. The second-order valence-corrected chi connectivity index (χ2v) is 4.05. The van der Waals surface area contributed by atoms with Crippen LogP contribution in [0, 0.1) is 0 Å². The average Bonchev–Trinajstić information content (AvgIpc) is 2.76. The van der Waals surface area contributed by atoms with Gasteiger partial charge in [-0.3, -0.25) is 4.79 Å². The number of nitrogens with one attached hydrogen (secondary N) is 1. The predicted molar refractivity (Wildman–Crippen MR) is 66.9 cm³/mol. The van der Waals surface area contributed by atoms with E-state index in [2.05, 4.69) is 9.97 Å². The second-order valence-electron chi connectivity index (χ2n) is 3.65. The highest BCUT2D eigenvalue weighted by Gasteiger charge is 2.14. The molecule has 18 heavy (non-hydrogen) atoms. The van der Waals surface area contributed by atoms with Gasteiger partial charge in [0.05, 0.1) is 36.3 Å². The fourth-order valence-corrected chi connectivity index (χ4v) is 1.91. The predicted octanol–water partition coefficient (Wildman–Crippen LogP) is 2.37. The maximum absolute atomic E-state index is 10.7. The van der Waals surface area contributed by atoms with Crippen LogP contribution in [-0.4, -0.2) is 28.2 Å². The van der Waals surface area contributed by atoms with Crippen LogP contribution >= 0.6 is 11.6 Å². The smallest absolute Gasteiger partial charge is 0.309 e. The van der Waals surface area contributed by atoms with Gasteiger partial charge in [-0.05, 0) is 18.2 Å². The Bertz CT molecular complexity index is 580. The molecule has 2 aromatic rings. The van der Waals surface area contributed by atoms with Crippen LogP contribution in [0.4, 0.5) is 0 Å². The minimum absolute atomic E-state index is 0.127. The van der Waals surface area contributed by atoms with Gasteiger partial charge in [0.2, 0.25) is 0 Å². The number of carboxylic acids is 1. The first-order valence-corrected chi connectivity index (χ1v) is 5.57. The zero-order valence-electron chi connectivity index (χ0n) is 9.61. The van der Waals surface area contributed by atoms with Crippen LogP contribution in [0.3, 0.4) is 0 Å². The molecular formula is C12H11ClN2O3. The number of aliphatic carboxylic acids is 1. The van der Waals surface area contributed by atoms with E-state index in [1.54, 1.807) is 25.3 Å². The van der Waals surface area contributed by atoms with Gasteiger partial charge in [0.15, 0.2) is 0 Å². The Labute approximate surface area is 108 Å². The molecule has 0 aliphatic carbocycles. The summed E-state index contributed by atoms with van der Waals surface area (Å²) in [5, 5.41) is 9.27. The highest BCUT2D eigenvalue weighted by atomic mass is 35.5. The van der Waals surface area contributed by atoms with Crippen molar-refractivity contribution in [3.63, 3.8) is 0 Å². The molecule has 5 nitrogen and oxygen atoms in total. The van der Waals surface area contributed by atoms with Gasteiger partial charge in [0.25, 0.3) is 0 Å². The number of hydrogen-bond acceptors (Lipinski definition) is 3. The molecule has 0 fully saturated rings. The van der Waals surface area contributed by atoms with Crippen molar-refractivity contribution in [1.82, 2.24) is 9.97 Å². The molecule has 0 amide bonds. The molecule has 1 aromatic heterocycles. The first-order chi connectivity index (χ1) is 8.61. The fourth-order valence-electron chi connectivity index (χ4n) is 1.65. The van der Waals surface area contributed by atoms with Crippen LogP contribution < -0.4 is 4.74 Å². The van der Waals surface area contributed by atoms with E-state index in [1.165, 1.54) is 6.33 Å². The van der Waals surface area contributed by atoms with Crippen molar-refractivity contribution < 1.29 is 14.6 Å². The molecule has 94 valence electrons. The van der Waals surface area contributed by atoms with Crippen molar-refractivity contribution in [2.75, 3.05) is 7.11 Å². The highest BCUT2D eigenvalue weighted by Crippen LogP contribution is 2.31. The molecule has 1 aromatic carbocycles. The van der Waals surface area contributed by atoms with Gasteiger partial charge >= 0.3 is 5.97 Å². The van der Waals surface area contributed by atoms with Gasteiger partial charge in [-0.1, -0.05) is 11.6 Å². The maximum atomic E-state index is 10.7. The Balaban J connectivity index is 2.42. The summed E-state index contributed by atoms with van der Waals surface area (Å²) in [6.45, 7) is 0. The zero-order valence-corrected chi connectivity index (χ0v) is 10.4. The number of methoxy groups -OCH3 is 1. The van der Waals surface area contributed by atoms with Crippen LogP contribution in [0.25, 0.3) is 11.3 Å². The summed E-state index contributed by atoms with van der Waals surface area (Å²) in [5.41, 5.74) is 1.74. The van der Waals surface area contributed by atoms with Gasteiger partial charge in [-0.2, -0.15) is 0 Å². The molecule has 0 saturated heterocycles. The monoisotopic (exact) mass is 266 g/mol. The van der Waals surface area contributed by atoms with E-state index in [-0.39, 0.29) is 6.42 Å². The standard InChI is InChI=1S/C12H11ClN2O3/c1-18-7-2-3-8(9(13)4-7)12-10(5-11(16)17)14-6-15-12/h2-4,6H,5H2,1H3,(H,14,15)(H,16,17). The summed E-state index contributed by atoms with van der Waals surface area (Å²) in [5.74, 6) is -0.288. The summed E-state index contributed by atoms with van der Waals surface area (Å²) in [4.78, 5) is 17.7. The van der Waals surface area contributed by atoms with Crippen LogP contribution in [-0.2, 0) is 11.2 Å². The zero-order chi connectivity index (χ0) is 13.1. The molecule has 0 radical (unpaired) electrons. The summed E-state index contributed by atoms with van der Waals surface area (Å²) in [6.07, 6.45) is 1.33. The Morgan fingerprint density at radius 2 is 2.33 bits per heavy atom. The minimum Gasteiger partial charge on any atom is -0.497 e. The Morgan fingerprint density at radius 1 is 1.56 bits per heavy atom. The normalized spacial score (nSPS) is 10.3. The second kappa shape index (κ2) is 5.10. The number of halogens is 1. The lowest BCUT2D eigenvalue weighted by Crippen LogP contribution is -2.02. The van der Waals surface area contributed by atoms with Gasteiger partial charge in [-0.25, -0.2) is 4.98 Å². The molecule has 0 spiro atoms. The lowest BCUT2D eigenvalue weighted by molar-refractivity contribution is -0.136. The number of rotatable bonds is 4. The molecule has 2 rings (SSSR count). The SMILES string of the molecule is COc1ccc(-c2nc[nH]c2CC(=O)O)c(Cl)c1. The van der Waals surface area contributed by atoms with Crippen molar-refractivity contribution in [3.05, 3.63) is 35.2 Å². The number of imidazole rings is 1. The Hall–Kier alpha value is -2.01. The van der Waals surface area contributed by atoms with E-state index < -0.39 is 5.97 Å². The summed E-state index contributed by atoms with van der Waals surface area (Å²) < 4.78 is 5.06. The molecule has 6 heteroatoms. The van der Waals surface area contributed by atoms with Gasteiger partial charge in [0, 0.05) is 5.56 Å². The summed E-state index contributed by atoms with van der Waals surface area (Å²) in [7, 11) is 1.55. The number of aromatic amines is 1. The van der Waals surface area contributed by atoms with Crippen molar-refractivity contribution in [3.8, 4) is 17.0 Å². The Morgan fingerprint density at radius 3 is 2.94 bits per heavy atom. The number of carboxylic acid groups (broad SMARTS) is 1. The number of aromatic nitrogens is 2. The molecule has 0 unspecified atom stereocenters. The lowest BCUT2D eigenvalue weighted by Gasteiger charge is -2.06. The van der Waals surface area contributed by atoms with Crippen LogP contribution in [0.15, 0.2) is 24.5 Å². The van der Waals surface area contributed by atoms with Crippen LogP contribution in [0.1, 0.15) is 5.69 Å². The quantitative estimate of drug-likeness (QED) is 0.891. The van der Waals surface area contributed by atoms with E-state index in [0.717, 1.165) is 0 Å². The van der Waals surface area contributed by atoms with Crippen molar-refractivity contribution in [2.24, 2.45) is 0 Å². The third-order valence-corrected chi connectivity index (χ3v) is 2.79. The average molecular weight is 267 g/mol. The molecule has 2 N–H and O–H groups in total. The van der Waals surface area contributed by atoms with Crippen LogP contribution in [0.2, 0.25) is 5.02 Å². The number of ether oxygens (including phenoxy) is 1. The summed E-state index contributed by atoms with van der Waals surface area (Å²) >= 11 is 6.13. The third kappa shape index (κ3) is 2.46. The Kier molecular flexibility index (Phi) is 3.53. The van der Waals surface area contributed by atoms with E-state index in [9.17, 15) is 4.79 Å². The fraction of sp³-hybridized carbons (Fsp3) is 0.167. The highest BCUT2D eigenvalue weighted by molar-refractivity contribution is 6.33. The number of carbonyl (C=O) groups is 1.